The number of carbonyl (C=O) groups is 1. The number of rotatable bonds is 16. The predicted octanol–water partition coefficient (Wildman–Crippen LogP) is 7.10. The zero-order chi connectivity index (χ0) is 17.9. The highest BCUT2D eigenvalue weighted by molar-refractivity contribution is 6.29. The lowest BCUT2D eigenvalue weighted by Crippen LogP contribution is -2.05. The molecule has 0 N–H and O–H groups in total. The molecule has 0 spiro atoms. The number of ether oxygens (including phenoxy) is 1. The molecule has 0 radical (unpaired) electrons. The molecule has 0 bridgehead atoms. The van der Waals surface area contributed by atoms with E-state index >= 15 is 0 Å². The van der Waals surface area contributed by atoms with Crippen LogP contribution in [0.25, 0.3) is 0 Å². The summed E-state index contributed by atoms with van der Waals surface area (Å²) in [5.41, 5.74) is 0. The number of hydrogen-bond acceptors (Lipinski definition) is 2. The highest BCUT2D eigenvalue weighted by Gasteiger charge is 2.02. The summed E-state index contributed by atoms with van der Waals surface area (Å²) in [6.07, 6.45) is 22.6. The molecule has 0 aromatic carbocycles. The largest absolute Gasteiger partial charge is 0.460 e. The van der Waals surface area contributed by atoms with E-state index in [1.807, 2.05) is 0 Å². The van der Waals surface area contributed by atoms with E-state index in [-0.39, 0.29) is 12.6 Å². The van der Waals surface area contributed by atoms with Crippen molar-refractivity contribution < 1.29 is 9.53 Å². The number of hydrogen-bond donors (Lipinski definition) is 0. The standard InChI is InChI=1S/C21H35ClO2/c1-3-4-5-6-7-8-9-10-11-12-13-14-15-16-17-18-21(23)24-19-20(2)22/h7-8,10-11H,2-6,9,12-19H2,1H3/b8-7-,11-10-. The molecule has 0 saturated heterocycles. The van der Waals surface area contributed by atoms with Crippen molar-refractivity contribution in [1.82, 2.24) is 0 Å². The second-order valence-corrected chi connectivity index (χ2v) is 6.69. The van der Waals surface area contributed by atoms with Crippen molar-refractivity contribution in [1.29, 1.82) is 0 Å². The minimum atomic E-state index is -0.178. The maximum absolute atomic E-state index is 11.3. The van der Waals surface area contributed by atoms with E-state index in [2.05, 4.69) is 37.8 Å². The monoisotopic (exact) mass is 354 g/mol. The fraction of sp³-hybridized carbons (Fsp3) is 0.667. The Hall–Kier alpha value is -1.02. The van der Waals surface area contributed by atoms with Gasteiger partial charge in [0.25, 0.3) is 0 Å². The Morgan fingerprint density at radius 1 is 0.917 bits per heavy atom. The molecule has 0 aliphatic rings. The van der Waals surface area contributed by atoms with Crippen molar-refractivity contribution >= 4 is 17.6 Å². The third kappa shape index (κ3) is 19.0. The molecule has 138 valence electrons. The Kier molecular flexibility index (Phi) is 17.5. The number of unbranched alkanes of at least 4 members (excludes halogenated alkanes) is 8. The van der Waals surface area contributed by atoms with Crippen LogP contribution in [0.4, 0.5) is 0 Å². The fourth-order valence-corrected chi connectivity index (χ4v) is 2.37. The normalized spacial score (nSPS) is 11.4. The Balaban J connectivity index is 3.28. The molecule has 0 aliphatic carbocycles. The Bertz CT molecular complexity index is 372. The average molecular weight is 355 g/mol. The van der Waals surface area contributed by atoms with Crippen molar-refractivity contribution in [2.45, 2.75) is 84.0 Å². The maximum atomic E-state index is 11.3. The van der Waals surface area contributed by atoms with Crippen LogP contribution < -0.4 is 0 Å². The van der Waals surface area contributed by atoms with E-state index in [0.717, 1.165) is 25.7 Å². The number of allylic oxidation sites excluding steroid dienone is 4. The van der Waals surface area contributed by atoms with Crippen molar-refractivity contribution in [2.75, 3.05) is 6.61 Å². The van der Waals surface area contributed by atoms with Gasteiger partial charge in [-0.05, 0) is 38.5 Å². The van der Waals surface area contributed by atoms with Gasteiger partial charge in [-0.15, -0.1) is 0 Å². The summed E-state index contributed by atoms with van der Waals surface area (Å²) in [5.74, 6) is -0.178. The third-order valence-electron chi connectivity index (χ3n) is 3.72. The minimum absolute atomic E-state index is 0.126. The lowest BCUT2D eigenvalue weighted by molar-refractivity contribution is -0.142. The maximum Gasteiger partial charge on any atom is 0.306 e. The van der Waals surface area contributed by atoms with Crippen molar-refractivity contribution in [2.24, 2.45) is 0 Å². The lowest BCUT2D eigenvalue weighted by atomic mass is 10.1. The Morgan fingerprint density at radius 2 is 1.50 bits per heavy atom. The van der Waals surface area contributed by atoms with Crippen LogP contribution in [0.15, 0.2) is 35.9 Å². The van der Waals surface area contributed by atoms with E-state index in [9.17, 15) is 4.79 Å². The molecule has 0 saturated carbocycles. The summed E-state index contributed by atoms with van der Waals surface area (Å²) < 4.78 is 4.94. The van der Waals surface area contributed by atoms with Crippen LogP contribution in [0.2, 0.25) is 0 Å². The number of halogens is 1. The van der Waals surface area contributed by atoms with Gasteiger partial charge in [-0.25, -0.2) is 0 Å². The lowest BCUT2D eigenvalue weighted by Gasteiger charge is -2.03. The second-order valence-electron chi connectivity index (χ2n) is 6.16. The Morgan fingerprint density at radius 3 is 2.12 bits per heavy atom. The van der Waals surface area contributed by atoms with Crippen LogP contribution in [0.1, 0.15) is 84.0 Å². The topological polar surface area (TPSA) is 26.3 Å². The molecule has 3 heteroatoms. The molecular weight excluding hydrogens is 320 g/mol. The molecule has 0 amide bonds. The highest BCUT2D eigenvalue weighted by Crippen LogP contribution is 2.09. The molecule has 2 nitrogen and oxygen atoms in total. The van der Waals surface area contributed by atoms with Gasteiger partial charge >= 0.3 is 5.97 Å². The van der Waals surface area contributed by atoms with Gasteiger partial charge in [-0.1, -0.05) is 81.5 Å². The van der Waals surface area contributed by atoms with E-state index < -0.39 is 0 Å². The Labute approximate surface area is 154 Å². The molecule has 0 aliphatic heterocycles. The van der Waals surface area contributed by atoms with Gasteiger partial charge in [-0.2, -0.15) is 0 Å². The first-order chi connectivity index (χ1) is 11.7. The molecule has 0 aromatic rings. The van der Waals surface area contributed by atoms with E-state index in [1.54, 1.807) is 0 Å². The van der Waals surface area contributed by atoms with Crippen LogP contribution in [0, 0.1) is 0 Å². The SMILES string of the molecule is C=C(Cl)COC(=O)CCCCCCC/C=C\C/C=C\CCCCC. The van der Waals surface area contributed by atoms with Gasteiger partial charge in [-0.3, -0.25) is 4.79 Å². The summed E-state index contributed by atoms with van der Waals surface area (Å²) in [5, 5.41) is 0.364. The van der Waals surface area contributed by atoms with Gasteiger partial charge in [0.2, 0.25) is 0 Å². The van der Waals surface area contributed by atoms with Crippen LogP contribution in [-0.2, 0) is 9.53 Å². The quantitative estimate of drug-likeness (QED) is 0.168. The predicted molar refractivity (Wildman–Crippen MR) is 105 cm³/mol. The highest BCUT2D eigenvalue weighted by atomic mass is 35.5. The van der Waals surface area contributed by atoms with Gasteiger partial charge in [0.1, 0.15) is 6.61 Å². The first-order valence-electron chi connectivity index (χ1n) is 9.45. The van der Waals surface area contributed by atoms with Gasteiger partial charge in [0.05, 0.1) is 0 Å². The second kappa shape index (κ2) is 18.3. The van der Waals surface area contributed by atoms with Crippen LogP contribution >= 0.6 is 11.6 Å². The summed E-state index contributed by atoms with van der Waals surface area (Å²) in [6.45, 7) is 5.85. The zero-order valence-electron chi connectivity index (χ0n) is 15.4. The molecule has 0 rings (SSSR count). The van der Waals surface area contributed by atoms with Crippen LogP contribution in [-0.4, -0.2) is 12.6 Å². The first-order valence-corrected chi connectivity index (χ1v) is 9.83. The van der Waals surface area contributed by atoms with Gasteiger partial charge in [0, 0.05) is 11.5 Å². The minimum Gasteiger partial charge on any atom is -0.460 e. The van der Waals surface area contributed by atoms with Crippen molar-refractivity contribution in [3.05, 3.63) is 35.9 Å². The molecule has 24 heavy (non-hydrogen) atoms. The summed E-state index contributed by atoms with van der Waals surface area (Å²) in [7, 11) is 0. The van der Waals surface area contributed by atoms with E-state index in [0.29, 0.717) is 11.5 Å². The smallest absolute Gasteiger partial charge is 0.306 e. The first kappa shape index (κ1) is 23.0. The average Bonchev–Trinajstić information content (AvgIpc) is 2.56. The van der Waals surface area contributed by atoms with E-state index in [1.165, 1.54) is 44.9 Å². The summed E-state index contributed by atoms with van der Waals surface area (Å²) >= 11 is 5.54. The molecular formula is C21H35ClO2. The van der Waals surface area contributed by atoms with Crippen LogP contribution in [0.3, 0.4) is 0 Å². The molecule has 0 atom stereocenters. The fourth-order valence-electron chi connectivity index (χ4n) is 2.31. The van der Waals surface area contributed by atoms with Gasteiger partial charge < -0.3 is 4.74 Å². The zero-order valence-corrected chi connectivity index (χ0v) is 16.2. The molecule has 0 fully saturated rings. The number of carbonyl (C=O) groups excluding carboxylic acids is 1. The number of esters is 1. The third-order valence-corrected chi connectivity index (χ3v) is 3.83. The molecule has 0 unspecified atom stereocenters. The molecule has 0 aromatic heterocycles. The van der Waals surface area contributed by atoms with Crippen molar-refractivity contribution in [3.63, 3.8) is 0 Å². The van der Waals surface area contributed by atoms with E-state index in [4.69, 9.17) is 16.3 Å². The van der Waals surface area contributed by atoms with Gasteiger partial charge in [0.15, 0.2) is 0 Å². The molecule has 0 heterocycles. The van der Waals surface area contributed by atoms with Crippen molar-refractivity contribution in [3.8, 4) is 0 Å². The van der Waals surface area contributed by atoms with Crippen LogP contribution in [0.5, 0.6) is 0 Å². The summed E-state index contributed by atoms with van der Waals surface area (Å²) in [4.78, 5) is 11.3. The summed E-state index contributed by atoms with van der Waals surface area (Å²) in [6, 6.07) is 0.